The highest BCUT2D eigenvalue weighted by atomic mass is 16.6. The second-order valence-corrected chi connectivity index (χ2v) is 5.63. The van der Waals surface area contributed by atoms with Gasteiger partial charge in [0.15, 0.2) is 0 Å². The Morgan fingerprint density at radius 3 is 2.65 bits per heavy atom. The summed E-state index contributed by atoms with van der Waals surface area (Å²) in [5, 5.41) is 10.6. The van der Waals surface area contributed by atoms with E-state index in [0.717, 1.165) is 5.56 Å². The number of benzene rings is 1. The topological polar surface area (TPSA) is 87.3 Å². The van der Waals surface area contributed by atoms with Crippen molar-refractivity contribution in [2.75, 3.05) is 6.61 Å². The van der Waals surface area contributed by atoms with Gasteiger partial charge in [-0.15, -0.1) is 0 Å². The van der Waals surface area contributed by atoms with Crippen LogP contribution in [0, 0.1) is 16.0 Å². The number of imidazole rings is 1. The zero-order valence-electron chi connectivity index (χ0n) is 13.1. The van der Waals surface area contributed by atoms with Crippen LogP contribution in [0.25, 0.3) is 11.3 Å². The van der Waals surface area contributed by atoms with Gasteiger partial charge in [0.05, 0.1) is 30.0 Å². The van der Waals surface area contributed by atoms with Gasteiger partial charge in [-0.05, 0) is 18.1 Å². The summed E-state index contributed by atoms with van der Waals surface area (Å²) < 4.78 is 6.91. The molecule has 1 aromatic heterocycles. The molecule has 0 saturated heterocycles. The van der Waals surface area contributed by atoms with E-state index in [9.17, 15) is 14.9 Å². The number of hydrogen-bond donors (Lipinski definition) is 0. The molecule has 0 aliphatic rings. The van der Waals surface area contributed by atoms with Gasteiger partial charge in [-0.2, -0.15) is 0 Å². The number of nitro groups is 1. The highest BCUT2D eigenvalue weighted by molar-refractivity contribution is 5.69. The lowest BCUT2D eigenvalue weighted by Gasteiger charge is -2.07. The van der Waals surface area contributed by atoms with Crippen molar-refractivity contribution >= 4 is 11.7 Å². The summed E-state index contributed by atoms with van der Waals surface area (Å²) >= 11 is 0. The van der Waals surface area contributed by atoms with Crippen LogP contribution in [0.15, 0.2) is 36.8 Å². The average Bonchev–Trinajstić information content (AvgIpc) is 3.00. The third kappa shape index (κ3) is 4.91. The molecule has 7 nitrogen and oxygen atoms in total. The van der Waals surface area contributed by atoms with Gasteiger partial charge in [-0.1, -0.05) is 13.8 Å². The summed E-state index contributed by atoms with van der Waals surface area (Å²) in [5.74, 6) is 0.0882. The summed E-state index contributed by atoms with van der Waals surface area (Å²) in [6.07, 6.45) is 3.71. The number of aromatic nitrogens is 2. The van der Waals surface area contributed by atoms with Crippen molar-refractivity contribution in [1.29, 1.82) is 0 Å². The van der Waals surface area contributed by atoms with Crippen LogP contribution in [-0.2, 0) is 16.1 Å². The Labute approximate surface area is 134 Å². The maximum Gasteiger partial charge on any atom is 0.307 e. The number of hydrogen-bond acceptors (Lipinski definition) is 5. The maximum absolute atomic E-state index is 11.6. The molecule has 1 aromatic carbocycles. The van der Waals surface area contributed by atoms with Gasteiger partial charge in [-0.25, -0.2) is 4.98 Å². The molecule has 0 saturated carbocycles. The van der Waals surface area contributed by atoms with Crippen molar-refractivity contribution in [1.82, 2.24) is 9.55 Å². The first-order valence-corrected chi connectivity index (χ1v) is 7.38. The van der Waals surface area contributed by atoms with Crippen LogP contribution in [0.5, 0.6) is 0 Å². The minimum atomic E-state index is -0.439. The first-order chi connectivity index (χ1) is 11.0. The van der Waals surface area contributed by atoms with Gasteiger partial charge in [0.1, 0.15) is 0 Å². The normalized spacial score (nSPS) is 10.7. The van der Waals surface area contributed by atoms with Crippen molar-refractivity contribution in [2.45, 2.75) is 26.8 Å². The number of carbonyl (C=O) groups is 1. The fourth-order valence-electron chi connectivity index (χ4n) is 1.94. The molecule has 0 aliphatic heterocycles. The zero-order valence-corrected chi connectivity index (χ0v) is 13.1. The van der Waals surface area contributed by atoms with E-state index in [-0.39, 0.29) is 18.1 Å². The number of nitrogens with zero attached hydrogens (tertiary/aromatic N) is 3. The molecule has 2 aromatic rings. The molecule has 0 spiro atoms. The lowest BCUT2D eigenvalue weighted by atomic mass is 10.1. The van der Waals surface area contributed by atoms with E-state index in [1.807, 2.05) is 13.8 Å². The molecule has 7 heteroatoms. The summed E-state index contributed by atoms with van der Waals surface area (Å²) in [4.78, 5) is 26.0. The molecule has 1 heterocycles. The van der Waals surface area contributed by atoms with E-state index in [4.69, 9.17) is 4.74 Å². The van der Waals surface area contributed by atoms with Gasteiger partial charge in [0.25, 0.3) is 5.69 Å². The minimum absolute atomic E-state index is 0.0427. The fourth-order valence-corrected chi connectivity index (χ4v) is 1.94. The lowest BCUT2D eigenvalue weighted by Crippen LogP contribution is -2.12. The van der Waals surface area contributed by atoms with E-state index in [2.05, 4.69) is 4.98 Å². The van der Waals surface area contributed by atoms with Crippen LogP contribution in [0.1, 0.15) is 20.3 Å². The Morgan fingerprint density at radius 1 is 1.35 bits per heavy atom. The smallest absolute Gasteiger partial charge is 0.307 e. The fraction of sp³-hybridized carbons (Fsp3) is 0.375. The highest BCUT2D eigenvalue weighted by Crippen LogP contribution is 2.20. The monoisotopic (exact) mass is 317 g/mol. The molecule has 2 rings (SSSR count). The van der Waals surface area contributed by atoms with E-state index in [0.29, 0.717) is 24.8 Å². The van der Waals surface area contributed by atoms with Gasteiger partial charge in [-0.3, -0.25) is 14.9 Å². The Balaban J connectivity index is 1.92. The molecule has 0 N–H and O–H groups in total. The molecule has 0 amide bonds. The van der Waals surface area contributed by atoms with Crippen LogP contribution in [0.4, 0.5) is 5.69 Å². The molecule has 0 atom stereocenters. The molecular weight excluding hydrogens is 298 g/mol. The largest absolute Gasteiger partial charge is 0.465 e. The number of ether oxygens (including phenoxy) is 1. The number of aryl methyl sites for hydroxylation is 1. The first kappa shape index (κ1) is 16.7. The molecule has 122 valence electrons. The van der Waals surface area contributed by atoms with Gasteiger partial charge in [0, 0.05) is 30.4 Å². The lowest BCUT2D eigenvalue weighted by molar-refractivity contribution is -0.384. The average molecular weight is 317 g/mol. The van der Waals surface area contributed by atoms with Crippen LogP contribution < -0.4 is 0 Å². The third-order valence-corrected chi connectivity index (χ3v) is 3.16. The van der Waals surface area contributed by atoms with Crippen LogP contribution in [-0.4, -0.2) is 27.1 Å². The highest BCUT2D eigenvalue weighted by Gasteiger charge is 2.09. The molecule has 0 bridgehead atoms. The standard InChI is InChI=1S/C16H19N3O4/c1-12(2)10-23-16(20)7-8-18-9-15(17-11-18)13-3-5-14(6-4-13)19(21)22/h3-6,9,11-12H,7-8,10H2,1-2H3. The Hall–Kier alpha value is -2.70. The SMILES string of the molecule is CC(C)COC(=O)CCn1cnc(-c2ccc([N+](=O)[O-])cc2)c1. The van der Waals surface area contributed by atoms with Crippen molar-refractivity contribution in [2.24, 2.45) is 5.92 Å². The van der Waals surface area contributed by atoms with Crippen LogP contribution >= 0.6 is 0 Å². The maximum atomic E-state index is 11.6. The molecule has 0 aliphatic carbocycles. The third-order valence-electron chi connectivity index (χ3n) is 3.16. The molecule has 23 heavy (non-hydrogen) atoms. The summed E-state index contributed by atoms with van der Waals surface area (Å²) in [5.41, 5.74) is 1.54. The van der Waals surface area contributed by atoms with Crippen LogP contribution in [0.2, 0.25) is 0 Å². The number of rotatable bonds is 7. The zero-order chi connectivity index (χ0) is 16.8. The van der Waals surface area contributed by atoms with Crippen molar-refractivity contribution in [3.63, 3.8) is 0 Å². The minimum Gasteiger partial charge on any atom is -0.465 e. The number of carbonyl (C=O) groups excluding carboxylic acids is 1. The Bertz CT molecular complexity index is 677. The van der Waals surface area contributed by atoms with Crippen LogP contribution in [0.3, 0.4) is 0 Å². The van der Waals surface area contributed by atoms with E-state index >= 15 is 0 Å². The summed E-state index contributed by atoms with van der Waals surface area (Å²) in [6, 6.07) is 6.19. The van der Waals surface area contributed by atoms with Crippen molar-refractivity contribution < 1.29 is 14.5 Å². The van der Waals surface area contributed by atoms with E-state index in [1.54, 1.807) is 29.2 Å². The summed E-state index contributed by atoms with van der Waals surface area (Å²) in [6.45, 7) is 4.88. The second-order valence-electron chi connectivity index (χ2n) is 5.63. The van der Waals surface area contributed by atoms with Gasteiger partial charge < -0.3 is 9.30 Å². The van der Waals surface area contributed by atoms with E-state index < -0.39 is 4.92 Å². The molecule has 0 fully saturated rings. The molecular formula is C16H19N3O4. The number of esters is 1. The Morgan fingerprint density at radius 2 is 2.04 bits per heavy atom. The second kappa shape index (κ2) is 7.53. The Kier molecular flexibility index (Phi) is 5.46. The summed E-state index contributed by atoms with van der Waals surface area (Å²) in [7, 11) is 0. The molecule has 0 unspecified atom stereocenters. The first-order valence-electron chi connectivity index (χ1n) is 7.38. The van der Waals surface area contributed by atoms with Crippen molar-refractivity contribution in [3.8, 4) is 11.3 Å². The predicted molar refractivity (Wildman–Crippen MR) is 84.7 cm³/mol. The van der Waals surface area contributed by atoms with E-state index in [1.165, 1.54) is 12.1 Å². The number of non-ortho nitro benzene ring substituents is 1. The van der Waals surface area contributed by atoms with Gasteiger partial charge >= 0.3 is 5.97 Å². The predicted octanol–water partition coefficient (Wildman–Crippen LogP) is 3.05. The van der Waals surface area contributed by atoms with Crippen molar-refractivity contribution in [3.05, 3.63) is 46.9 Å². The number of nitro benzene ring substituents is 1. The quantitative estimate of drug-likeness (QED) is 0.445. The van der Waals surface area contributed by atoms with Gasteiger partial charge in [0.2, 0.25) is 0 Å². The molecule has 0 radical (unpaired) electrons.